The highest BCUT2D eigenvalue weighted by Crippen LogP contribution is 2.33. The molecule has 0 radical (unpaired) electrons. The number of aromatic nitrogens is 2. The summed E-state index contributed by atoms with van der Waals surface area (Å²) in [6, 6.07) is 4.11. The Bertz CT molecular complexity index is 620. The van der Waals surface area contributed by atoms with Gasteiger partial charge in [-0.05, 0) is 39.3 Å². The van der Waals surface area contributed by atoms with Crippen molar-refractivity contribution in [1.29, 1.82) is 0 Å². The fourth-order valence-electron chi connectivity index (χ4n) is 2.05. The molecule has 4 nitrogen and oxygen atoms in total. The van der Waals surface area contributed by atoms with Crippen LogP contribution in [0.4, 0.5) is 11.6 Å². The lowest BCUT2D eigenvalue weighted by Gasteiger charge is -2.15. The molecule has 0 aliphatic heterocycles. The quantitative estimate of drug-likeness (QED) is 0.903. The van der Waals surface area contributed by atoms with Gasteiger partial charge >= 0.3 is 0 Å². The molecule has 5 heteroatoms. The van der Waals surface area contributed by atoms with Crippen LogP contribution in [0.2, 0.25) is 5.02 Å². The van der Waals surface area contributed by atoms with Gasteiger partial charge in [0.15, 0.2) is 0 Å². The molecule has 0 saturated heterocycles. The molecule has 108 valence electrons. The van der Waals surface area contributed by atoms with Crippen LogP contribution in [0, 0.1) is 13.8 Å². The van der Waals surface area contributed by atoms with Crippen LogP contribution in [0.1, 0.15) is 31.1 Å². The van der Waals surface area contributed by atoms with Gasteiger partial charge < -0.3 is 14.6 Å². The van der Waals surface area contributed by atoms with Crippen molar-refractivity contribution in [2.75, 3.05) is 12.4 Å². The van der Waals surface area contributed by atoms with Crippen molar-refractivity contribution < 1.29 is 4.74 Å². The zero-order valence-corrected chi connectivity index (χ0v) is 13.2. The van der Waals surface area contributed by atoms with Gasteiger partial charge in [-0.2, -0.15) is 0 Å². The first kappa shape index (κ1) is 14.7. The Kier molecular flexibility index (Phi) is 4.23. The Hall–Kier alpha value is -1.68. The summed E-state index contributed by atoms with van der Waals surface area (Å²) >= 11 is 6.12. The van der Waals surface area contributed by atoms with Crippen LogP contribution in [-0.4, -0.2) is 16.7 Å². The van der Waals surface area contributed by atoms with E-state index < -0.39 is 0 Å². The van der Waals surface area contributed by atoms with Crippen LogP contribution < -0.4 is 10.1 Å². The van der Waals surface area contributed by atoms with Crippen LogP contribution in [0.5, 0.6) is 5.75 Å². The van der Waals surface area contributed by atoms with Crippen LogP contribution in [-0.2, 0) is 0 Å². The second-order valence-electron chi connectivity index (χ2n) is 5.13. The van der Waals surface area contributed by atoms with Crippen molar-refractivity contribution in [2.45, 2.75) is 33.7 Å². The first-order chi connectivity index (χ1) is 9.42. The zero-order chi connectivity index (χ0) is 14.9. The number of hydrogen-bond donors (Lipinski definition) is 1. The molecule has 0 unspecified atom stereocenters. The highest BCUT2D eigenvalue weighted by atomic mass is 35.5. The van der Waals surface area contributed by atoms with Crippen molar-refractivity contribution in [3.05, 3.63) is 34.6 Å². The topological polar surface area (TPSA) is 39.1 Å². The van der Waals surface area contributed by atoms with Gasteiger partial charge in [0, 0.05) is 23.3 Å². The Balaban J connectivity index is 2.42. The summed E-state index contributed by atoms with van der Waals surface area (Å²) in [6.07, 6.45) is 2.03. The van der Waals surface area contributed by atoms with Gasteiger partial charge in [0.05, 0.1) is 18.5 Å². The molecule has 2 aromatic rings. The number of ether oxygens (including phenoxy) is 1. The molecule has 1 N–H and O–H groups in total. The highest BCUT2D eigenvalue weighted by Gasteiger charge is 2.12. The third-order valence-electron chi connectivity index (χ3n) is 3.14. The van der Waals surface area contributed by atoms with E-state index in [1.54, 1.807) is 7.11 Å². The van der Waals surface area contributed by atoms with Gasteiger partial charge in [-0.25, -0.2) is 4.98 Å². The van der Waals surface area contributed by atoms with E-state index in [-0.39, 0.29) is 0 Å². The average Bonchev–Trinajstić information content (AvgIpc) is 2.74. The number of imidazole rings is 1. The van der Waals surface area contributed by atoms with Crippen molar-refractivity contribution in [2.24, 2.45) is 0 Å². The first-order valence-electron chi connectivity index (χ1n) is 6.59. The van der Waals surface area contributed by atoms with E-state index in [1.165, 1.54) is 0 Å². The lowest BCUT2D eigenvalue weighted by Crippen LogP contribution is -2.06. The molecule has 0 bridgehead atoms. The Labute approximate surface area is 124 Å². The van der Waals surface area contributed by atoms with Crippen LogP contribution in [0.15, 0.2) is 18.3 Å². The summed E-state index contributed by atoms with van der Waals surface area (Å²) in [6.45, 7) is 8.19. The van der Waals surface area contributed by atoms with E-state index in [0.717, 1.165) is 22.9 Å². The van der Waals surface area contributed by atoms with E-state index in [4.69, 9.17) is 16.3 Å². The monoisotopic (exact) mass is 293 g/mol. The molecule has 0 saturated carbocycles. The van der Waals surface area contributed by atoms with Crippen molar-refractivity contribution in [3.63, 3.8) is 0 Å². The number of nitrogens with one attached hydrogen (secondary N) is 1. The molecule has 0 aliphatic carbocycles. The Morgan fingerprint density at radius 3 is 2.60 bits per heavy atom. The predicted octanol–water partition coefficient (Wildman–Crippen LogP) is 4.49. The third-order valence-corrected chi connectivity index (χ3v) is 3.54. The molecule has 20 heavy (non-hydrogen) atoms. The molecule has 1 heterocycles. The second-order valence-corrected chi connectivity index (χ2v) is 5.54. The van der Waals surface area contributed by atoms with E-state index in [1.807, 2.05) is 32.2 Å². The summed E-state index contributed by atoms with van der Waals surface area (Å²) in [5, 5.41) is 4.02. The maximum absolute atomic E-state index is 6.12. The molecule has 0 amide bonds. The number of rotatable bonds is 4. The maximum Gasteiger partial charge on any atom is 0.207 e. The molecule has 0 atom stereocenters. The lowest BCUT2D eigenvalue weighted by molar-refractivity contribution is 0.416. The molecule has 1 aromatic heterocycles. The van der Waals surface area contributed by atoms with Gasteiger partial charge in [0.25, 0.3) is 0 Å². The van der Waals surface area contributed by atoms with Gasteiger partial charge in [0.1, 0.15) is 5.75 Å². The molecule has 0 spiro atoms. The standard InChI is InChI=1S/C15H20ClN3O/c1-9(2)19-8-11(4)17-15(19)18-13-6-10(3)12(16)7-14(13)20-5/h6-9H,1-5H3,(H,17,18). The molecule has 2 rings (SSSR count). The molecule has 1 aromatic carbocycles. The number of methoxy groups -OCH3 is 1. The maximum atomic E-state index is 6.12. The fourth-order valence-corrected chi connectivity index (χ4v) is 2.21. The smallest absolute Gasteiger partial charge is 0.207 e. The van der Waals surface area contributed by atoms with Crippen LogP contribution in [0.25, 0.3) is 0 Å². The minimum atomic E-state index is 0.332. The number of benzene rings is 1. The lowest BCUT2D eigenvalue weighted by atomic mass is 10.2. The zero-order valence-electron chi connectivity index (χ0n) is 12.5. The van der Waals surface area contributed by atoms with E-state index in [0.29, 0.717) is 16.8 Å². The first-order valence-corrected chi connectivity index (χ1v) is 6.96. The predicted molar refractivity (Wildman–Crippen MR) is 83.4 cm³/mol. The van der Waals surface area contributed by atoms with Crippen molar-refractivity contribution >= 4 is 23.2 Å². The molecule has 0 fully saturated rings. The van der Waals surface area contributed by atoms with Crippen molar-refractivity contribution in [1.82, 2.24) is 9.55 Å². The van der Waals surface area contributed by atoms with E-state index >= 15 is 0 Å². The Morgan fingerprint density at radius 2 is 2.00 bits per heavy atom. The number of hydrogen-bond acceptors (Lipinski definition) is 3. The summed E-state index contributed by atoms with van der Waals surface area (Å²) < 4.78 is 7.47. The van der Waals surface area contributed by atoms with Crippen LogP contribution >= 0.6 is 11.6 Å². The van der Waals surface area contributed by atoms with E-state index in [9.17, 15) is 0 Å². The van der Waals surface area contributed by atoms with Crippen LogP contribution in [0.3, 0.4) is 0 Å². The second kappa shape index (κ2) is 5.75. The summed E-state index contributed by atoms with van der Waals surface area (Å²) in [5.74, 6) is 1.51. The number of halogens is 1. The Morgan fingerprint density at radius 1 is 1.30 bits per heavy atom. The summed E-state index contributed by atoms with van der Waals surface area (Å²) in [7, 11) is 1.63. The average molecular weight is 294 g/mol. The van der Waals surface area contributed by atoms with Crippen molar-refractivity contribution in [3.8, 4) is 5.75 Å². The SMILES string of the molecule is COc1cc(Cl)c(C)cc1Nc1nc(C)cn1C(C)C. The number of nitrogens with zero attached hydrogens (tertiary/aromatic N) is 2. The van der Waals surface area contributed by atoms with E-state index in [2.05, 4.69) is 28.7 Å². The normalized spacial score (nSPS) is 10.9. The minimum absolute atomic E-state index is 0.332. The minimum Gasteiger partial charge on any atom is -0.495 e. The summed E-state index contributed by atoms with van der Waals surface area (Å²) in [5.41, 5.74) is 2.84. The highest BCUT2D eigenvalue weighted by molar-refractivity contribution is 6.31. The summed E-state index contributed by atoms with van der Waals surface area (Å²) in [4.78, 5) is 4.52. The molecule has 0 aliphatic rings. The largest absolute Gasteiger partial charge is 0.495 e. The van der Waals surface area contributed by atoms with Gasteiger partial charge in [-0.3, -0.25) is 0 Å². The third kappa shape index (κ3) is 2.90. The molecular formula is C15H20ClN3O. The fraction of sp³-hybridized carbons (Fsp3) is 0.400. The van der Waals surface area contributed by atoms with Gasteiger partial charge in [0.2, 0.25) is 5.95 Å². The number of anilines is 2. The number of aryl methyl sites for hydroxylation is 2. The molecular weight excluding hydrogens is 274 g/mol. The van der Waals surface area contributed by atoms with Gasteiger partial charge in [-0.15, -0.1) is 0 Å². The van der Waals surface area contributed by atoms with Gasteiger partial charge in [-0.1, -0.05) is 11.6 Å².